The Bertz CT molecular complexity index is 783. The Balaban J connectivity index is 1.85. The number of carbonyl (C=O) groups is 2. The molecule has 1 N–H and O–H groups in total. The molecule has 0 aromatic heterocycles. The lowest BCUT2D eigenvalue weighted by Crippen LogP contribution is -2.27. The maximum atomic E-state index is 12.7. The number of phenols is 1. The third-order valence-corrected chi connectivity index (χ3v) is 3.69. The van der Waals surface area contributed by atoms with Crippen molar-refractivity contribution in [3.8, 4) is 17.2 Å². The Labute approximate surface area is 138 Å². The first-order valence-electron chi connectivity index (χ1n) is 7.43. The van der Waals surface area contributed by atoms with Gasteiger partial charge in [-0.1, -0.05) is 6.07 Å². The van der Waals surface area contributed by atoms with Gasteiger partial charge in [0.25, 0.3) is 0 Å². The molecule has 3 rings (SSSR count). The van der Waals surface area contributed by atoms with E-state index in [1.54, 1.807) is 24.3 Å². The van der Waals surface area contributed by atoms with Crippen molar-refractivity contribution in [1.29, 1.82) is 0 Å². The summed E-state index contributed by atoms with van der Waals surface area (Å²) in [6.07, 6.45) is -0.405. The van der Waals surface area contributed by atoms with Crippen LogP contribution in [-0.4, -0.2) is 36.7 Å². The van der Waals surface area contributed by atoms with Crippen LogP contribution in [-0.2, 0) is 4.74 Å². The molecule has 0 radical (unpaired) electrons. The number of phenolic OH excluding ortho intramolecular Hbond substituents is 1. The second kappa shape index (κ2) is 6.62. The van der Waals surface area contributed by atoms with Gasteiger partial charge in [-0.2, -0.15) is 0 Å². The predicted molar refractivity (Wildman–Crippen MR) is 84.7 cm³/mol. The monoisotopic (exact) mass is 328 g/mol. The lowest BCUT2D eigenvalue weighted by atomic mass is 10.0. The van der Waals surface area contributed by atoms with Crippen molar-refractivity contribution in [1.82, 2.24) is 0 Å². The Morgan fingerprint density at radius 3 is 2.88 bits per heavy atom. The zero-order valence-corrected chi connectivity index (χ0v) is 13.0. The number of carbonyl (C=O) groups excluding carboxylic acids is 2. The maximum absolute atomic E-state index is 12.7. The fourth-order valence-corrected chi connectivity index (χ4v) is 2.51. The molecule has 0 aliphatic carbocycles. The van der Waals surface area contributed by atoms with Gasteiger partial charge in [-0.05, 0) is 36.4 Å². The van der Waals surface area contributed by atoms with Crippen molar-refractivity contribution in [3.05, 3.63) is 53.6 Å². The van der Waals surface area contributed by atoms with Gasteiger partial charge >= 0.3 is 5.97 Å². The molecule has 0 saturated carbocycles. The summed E-state index contributed by atoms with van der Waals surface area (Å²) >= 11 is 0. The number of rotatable bonds is 3. The summed E-state index contributed by atoms with van der Waals surface area (Å²) in [5.41, 5.74) is 0.618. The number of aromatic hydroxyl groups is 1. The summed E-state index contributed by atoms with van der Waals surface area (Å²) in [6, 6.07) is 10.8. The number of hydrogen-bond donors (Lipinski definition) is 1. The van der Waals surface area contributed by atoms with Crippen LogP contribution in [0.4, 0.5) is 0 Å². The summed E-state index contributed by atoms with van der Waals surface area (Å²) in [4.78, 5) is 24.2. The summed E-state index contributed by atoms with van der Waals surface area (Å²) in [7, 11) is 1.30. The lowest BCUT2D eigenvalue weighted by Gasteiger charge is -2.16. The largest absolute Gasteiger partial charge is 0.508 e. The molecular formula is C18H16O6. The van der Waals surface area contributed by atoms with Crippen molar-refractivity contribution in [2.45, 2.75) is 12.5 Å². The van der Waals surface area contributed by atoms with Gasteiger partial charge in [-0.25, -0.2) is 4.79 Å². The number of benzene rings is 2. The number of methoxy groups -OCH3 is 1. The van der Waals surface area contributed by atoms with Gasteiger partial charge in [0.15, 0.2) is 6.10 Å². The molecule has 0 bridgehead atoms. The quantitative estimate of drug-likeness (QED) is 0.872. The van der Waals surface area contributed by atoms with Gasteiger partial charge in [0.05, 0.1) is 24.8 Å². The van der Waals surface area contributed by atoms with Crippen LogP contribution in [0, 0.1) is 0 Å². The molecule has 124 valence electrons. The second-order valence-electron chi connectivity index (χ2n) is 5.31. The third kappa shape index (κ3) is 3.17. The fraction of sp³-hybridized carbons (Fsp3) is 0.222. The Morgan fingerprint density at radius 2 is 2.08 bits per heavy atom. The third-order valence-electron chi connectivity index (χ3n) is 3.69. The van der Waals surface area contributed by atoms with E-state index in [0.717, 1.165) is 0 Å². The molecule has 1 aliphatic rings. The van der Waals surface area contributed by atoms with Gasteiger partial charge in [-0.3, -0.25) is 4.79 Å². The molecule has 24 heavy (non-hydrogen) atoms. The molecule has 2 aromatic carbocycles. The zero-order valence-electron chi connectivity index (χ0n) is 13.0. The highest BCUT2D eigenvalue weighted by atomic mass is 16.5. The number of ether oxygens (including phenoxy) is 3. The minimum atomic E-state index is -0.763. The Kier molecular flexibility index (Phi) is 4.37. The minimum Gasteiger partial charge on any atom is -0.508 e. The van der Waals surface area contributed by atoms with Gasteiger partial charge in [0.1, 0.15) is 17.2 Å². The SMILES string of the molecule is COC(=O)c1cccc(OC2CCOc3ccc(O)cc3C2=O)c1. The average Bonchev–Trinajstić information content (AvgIpc) is 2.74. The molecule has 0 fully saturated rings. The van der Waals surface area contributed by atoms with E-state index in [1.807, 2.05) is 0 Å². The highest BCUT2D eigenvalue weighted by Gasteiger charge is 2.28. The molecule has 6 heteroatoms. The maximum Gasteiger partial charge on any atom is 0.337 e. The molecule has 6 nitrogen and oxygen atoms in total. The molecule has 0 spiro atoms. The summed E-state index contributed by atoms with van der Waals surface area (Å²) < 4.78 is 16.0. The van der Waals surface area contributed by atoms with Gasteiger partial charge in [-0.15, -0.1) is 0 Å². The summed E-state index contributed by atoms with van der Waals surface area (Å²) in [6.45, 7) is 0.310. The van der Waals surface area contributed by atoms with E-state index in [0.29, 0.717) is 30.1 Å². The van der Waals surface area contributed by atoms with Gasteiger partial charge in [0.2, 0.25) is 5.78 Å². The summed E-state index contributed by atoms with van der Waals surface area (Å²) in [5.74, 6) is 0.0409. The number of fused-ring (bicyclic) bond motifs is 1. The molecule has 2 aromatic rings. The van der Waals surface area contributed by atoms with Gasteiger partial charge in [0, 0.05) is 6.42 Å². The number of hydrogen-bond acceptors (Lipinski definition) is 6. The lowest BCUT2D eigenvalue weighted by molar-refractivity contribution is 0.0600. The van der Waals surface area contributed by atoms with Crippen LogP contribution < -0.4 is 9.47 Å². The van der Waals surface area contributed by atoms with Crippen LogP contribution in [0.15, 0.2) is 42.5 Å². The first-order chi connectivity index (χ1) is 11.6. The van der Waals surface area contributed by atoms with Crippen molar-refractivity contribution in [2.75, 3.05) is 13.7 Å². The molecule has 1 heterocycles. The Morgan fingerprint density at radius 1 is 1.25 bits per heavy atom. The first-order valence-corrected chi connectivity index (χ1v) is 7.43. The summed E-state index contributed by atoms with van der Waals surface area (Å²) in [5, 5.41) is 9.60. The Hall–Kier alpha value is -3.02. The standard InChI is InChI=1S/C18H16O6/c1-22-18(21)11-3-2-4-13(9-11)24-16-7-8-23-15-6-5-12(19)10-14(15)17(16)20/h2-6,9-10,16,19H,7-8H2,1H3. The first kappa shape index (κ1) is 15.9. The van der Waals surface area contributed by atoms with Crippen LogP contribution in [0.25, 0.3) is 0 Å². The van der Waals surface area contributed by atoms with Crippen LogP contribution >= 0.6 is 0 Å². The smallest absolute Gasteiger partial charge is 0.337 e. The minimum absolute atomic E-state index is 0.0148. The van der Waals surface area contributed by atoms with Crippen LogP contribution in [0.5, 0.6) is 17.2 Å². The second-order valence-corrected chi connectivity index (χ2v) is 5.31. The highest BCUT2D eigenvalue weighted by molar-refractivity contribution is 6.02. The van der Waals surface area contributed by atoms with Gasteiger partial charge < -0.3 is 19.3 Å². The normalized spacial score (nSPS) is 16.5. The predicted octanol–water partition coefficient (Wildman–Crippen LogP) is 2.59. The molecular weight excluding hydrogens is 312 g/mol. The average molecular weight is 328 g/mol. The van der Waals surface area contributed by atoms with Crippen molar-refractivity contribution >= 4 is 11.8 Å². The van der Waals surface area contributed by atoms with Crippen molar-refractivity contribution < 1.29 is 28.9 Å². The number of ketones is 1. The van der Waals surface area contributed by atoms with Crippen molar-refractivity contribution in [3.63, 3.8) is 0 Å². The zero-order chi connectivity index (χ0) is 17.1. The number of Topliss-reactive ketones (excluding diaryl/α,β-unsaturated/α-hetero) is 1. The van der Waals surface area contributed by atoms with E-state index in [9.17, 15) is 14.7 Å². The van der Waals surface area contributed by atoms with E-state index in [-0.39, 0.29) is 17.1 Å². The van der Waals surface area contributed by atoms with Crippen LogP contribution in [0.1, 0.15) is 27.1 Å². The topological polar surface area (TPSA) is 82.1 Å². The van der Waals surface area contributed by atoms with E-state index in [1.165, 1.54) is 25.3 Å². The molecule has 1 atom stereocenters. The van der Waals surface area contributed by atoms with E-state index < -0.39 is 12.1 Å². The molecule has 1 unspecified atom stereocenters. The van der Waals surface area contributed by atoms with Crippen LogP contribution in [0.2, 0.25) is 0 Å². The molecule has 1 aliphatic heterocycles. The molecule has 0 saturated heterocycles. The van der Waals surface area contributed by atoms with Crippen molar-refractivity contribution in [2.24, 2.45) is 0 Å². The van der Waals surface area contributed by atoms with Crippen LogP contribution in [0.3, 0.4) is 0 Å². The highest BCUT2D eigenvalue weighted by Crippen LogP contribution is 2.29. The number of esters is 1. The molecule has 0 amide bonds. The van der Waals surface area contributed by atoms with E-state index >= 15 is 0 Å². The van der Waals surface area contributed by atoms with E-state index in [2.05, 4.69) is 4.74 Å². The fourth-order valence-electron chi connectivity index (χ4n) is 2.51. The van der Waals surface area contributed by atoms with E-state index in [4.69, 9.17) is 9.47 Å².